The van der Waals surface area contributed by atoms with Gasteiger partial charge in [-0.15, -0.1) is 0 Å². The highest BCUT2D eigenvalue weighted by Crippen LogP contribution is 2.34. The van der Waals surface area contributed by atoms with Crippen molar-refractivity contribution in [1.29, 1.82) is 0 Å². The summed E-state index contributed by atoms with van der Waals surface area (Å²) in [6.45, 7) is 0. The Morgan fingerprint density at radius 2 is 1.59 bits per heavy atom. The lowest BCUT2D eigenvalue weighted by Crippen LogP contribution is -2.04. The van der Waals surface area contributed by atoms with E-state index in [1.807, 2.05) is 0 Å². The van der Waals surface area contributed by atoms with Crippen LogP contribution in [0.1, 0.15) is 15.9 Å². The molecule has 4 nitrogen and oxygen atoms in total. The molecule has 0 spiro atoms. The summed E-state index contributed by atoms with van der Waals surface area (Å²) in [6, 6.07) is 4.39. The van der Waals surface area contributed by atoms with Gasteiger partial charge in [0.15, 0.2) is 0 Å². The number of para-hydroxylation sites is 1. The van der Waals surface area contributed by atoms with Gasteiger partial charge in [0.2, 0.25) is 0 Å². The van der Waals surface area contributed by atoms with Crippen molar-refractivity contribution in [3.05, 3.63) is 57.8 Å². The molecule has 0 fully saturated rings. The number of hydrogen-bond donors (Lipinski definition) is 2. The van der Waals surface area contributed by atoms with Gasteiger partial charge in [0, 0.05) is 12.4 Å². The smallest absolute Gasteiger partial charge is 0.419 e. The number of carboxylic acids is 1. The van der Waals surface area contributed by atoms with Crippen LogP contribution in [0.25, 0.3) is 0 Å². The van der Waals surface area contributed by atoms with Crippen molar-refractivity contribution in [3.8, 4) is 5.75 Å². The standard InChI is InChI=1S/C7H5F3O.C6H3Cl2NO2/c8-7(9,10)5-3-1-2-4-6(5)11;7-3-1-9-2-4(8)5(3)6(10)11/h1-4,11H;1-2H,(H,10,11). The Bertz CT molecular complexity index is 658. The molecular weight excluding hydrogens is 346 g/mol. The Balaban J connectivity index is 0.000000220. The van der Waals surface area contributed by atoms with E-state index < -0.39 is 23.5 Å². The minimum Gasteiger partial charge on any atom is -0.507 e. The summed E-state index contributed by atoms with van der Waals surface area (Å²) >= 11 is 11.0. The molecule has 0 amide bonds. The number of carboxylic acid groups (broad SMARTS) is 1. The molecule has 22 heavy (non-hydrogen) atoms. The van der Waals surface area contributed by atoms with Gasteiger partial charge in [-0.3, -0.25) is 4.98 Å². The van der Waals surface area contributed by atoms with Gasteiger partial charge in [0.05, 0.1) is 21.2 Å². The van der Waals surface area contributed by atoms with E-state index >= 15 is 0 Å². The molecule has 0 saturated carbocycles. The molecule has 0 unspecified atom stereocenters. The molecule has 1 aromatic carbocycles. The Kier molecular flexibility index (Phi) is 6.01. The number of pyridine rings is 1. The van der Waals surface area contributed by atoms with E-state index in [1.165, 1.54) is 24.5 Å². The summed E-state index contributed by atoms with van der Waals surface area (Å²) in [7, 11) is 0. The first kappa shape index (κ1) is 18.1. The number of aromatic carboxylic acids is 1. The molecule has 2 N–H and O–H groups in total. The minimum atomic E-state index is -4.47. The third-order valence-electron chi connectivity index (χ3n) is 2.28. The second-order valence-electron chi connectivity index (χ2n) is 3.80. The molecule has 0 aliphatic rings. The zero-order valence-electron chi connectivity index (χ0n) is 10.6. The van der Waals surface area contributed by atoms with E-state index in [1.54, 1.807) is 0 Å². The van der Waals surface area contributed by atoms with E-state index in [-0.39, 0.29) is 15.6 Å². The molecular formula is C13H8Cl2F3NO3. The maximum absolute atomic E-state index is 11.9. The third kappa shape index (κ3) is 4.78. The van der Waals surface area contributed by atoms with E-state index in [0.29, 0.717) is 0 Å². The van der Waals surface area contributed by atoms with Crippen molar-refractivity contribution in [3.63, 3.8) is 0 Å². The number of halogens is 5. The highest BCUT2D eigenvalue weighted by atomic mass is 35.5. The molecule has 0 radical (unpaired) electrons. The molecule has 0 aliphatic heterocycles. The van der Waals surface area contributed by atoms with E-state index in [0.717, 1.165) is 12.1 Å². The summed E-state index contributed by atoms with van der Waals surface area (Å²) in [6.07, 6.45) is -2.00. The van der Waals surface area contributed by atoms with Crippen LogP contribution >= 0.6 is 23.2 Å². The number of phenolic OH excluding ortho intramolecular Hbond substituents is 1. The molecule has 118 valence electrons. The normalized spacial score (nSPS) is 10.6. The number of benzene rings is 1. The fraction of sp³-hybridized carbons (Fsp3) is 0.0769. The monoisotopic (exact) mass is 353 g/mol. The number of alkyl halides is 3. The maximum Gasteiger partial charge on any atom is 0.419 e. The Morgan fingerprint density at radius 1 is 1.09 bits per heavy atom. The molecule has 2 aromatic rings. The van der Waals surface area contributed by atoms with Gasteiger partial charge in [-0.1, -0.05) is 35.3 Å². The zero-order valence-corrected chi connectivity index (χ0v) is 12.1. The lowest BCUT2D eigenvalue weighted by atomic mass is 10.2. The van der Waals surface area contributed by atoms with Crippen LogP contribution in [0.2, 0.25) is 10.0 Å². The number of nitrogens with zero attached hydrogens (tertiary/aromatic N) is 1. The molecule has 1 aromatic heterocycles. The average molecular weight is 354 g/mol. The molecule has 2 rings (SSSR count). The molecule has 0 atom stereocenters. The lowest BCUT2D eigenvalue weighted by Gasteiger charge is -2.06. The van der Waals surface area contributed by atoms with Crippen LogP contribution in [-0.2, 0) is 6.18 Å². The Hall–Kier alpha value is -1.99. The summed E-state index contributed by atoms with van der Waals surface area (Å²) in [4.78, 5) is 14.0. The fourth-order valence-electron chi connectivity index (χ4n) is 1.33. The number of aromatic hydroxyl groups is 1. The van der Waals surface area contributed by atoms with Crippen LogP contribution in [0.15, 0.2) is 36.7 Å². The molecule has 0 saturated heterocycles. The first-order valence-corrected chi connectivity index (χ1v) is 6.27. The second-order valence-corrected chi connectivity index (χ2v) is 4.61. The Morgan fingerprint density at radius 3 is 1.91 bits per heavy atom. The van der Waals surface area contributed by atoms with E-state index in [4.69, 9.17) is 33.4 Å². The molecule has 1 heterocycles. The highest BCUT2D eigenvalue weighted by Gasteiger charge is 2.33. The molecule has 0 aliphatic carbocycles. The van der Waals surface area contributed by atoms with Crippen molar-refractivity contribution in [2.45, 2.75) is 6.18 Å². The summed E-state index contributed by atoms with van der Waals surface area (Å²) in [5.74, 6) is -1.89. The van der Waals surface area contributed by atoms with Crippen molar-refractivity contribution in [2.75, 3.05) is 0 Å². The van der Waals surface area contributed by atoms with Crippen LogP contribution in [0.4, 0.5) is 13.2 Å². The SMILES string of the molecule is O=C(O)c1c(Cl)cncc1Cl.Oc1ccccc1C(F)(F)F. The topological polar surface area (TPSA) is 70.4 Å². The van der Waals surface area contributed by atoms with Gasteiger partial charge in [-0.05, 0) is 12.1 Å². The average Bonchev–Trinajstić information content (AvgIpc) is 2.38. The highest BCUT2D eigenvalue weighted by molar-refractivity contribution is 6.38. The van der Waals surface area contributed by atoms with Crippen LogP contribution in [-0.4, -0.2) is 21.2 Å². The number of aromatic nitrogens is 1. The van der Waals surface area contributed by atoms with Crippen molar-refractivity contribution >= 4 is 29.2 Å². The van der Waals surface area contributed by atoms with Gasteiger partial charge in [-0.25, -0.2) is 4.79 Å². The number of rotatable bonds is 1. The lowest BCUT2D eigenvalue weighted by molar-refractivity contribution is -0.138. The van der Waals surface area contributed by atoms with Crippen molar-refractivity contribution in [2.24, 2.45) is 0 Å². The fourth-order valence-corrected chi connectivity index (χ4v) is 1.86. The van der Waals surface area contributed by atoms with Gasteiger partial charge in [-0.2, -0.15) is 13.2 Å². The molecule has 9 heteroatoms. The Labute approximate surface area is 132 Å². The van der Waals surface area contributed by atoms with E-state index in [2.05, 4.69) is 4.98 Å². The quantitative estimate of drug-likeness (QED) is 0.791. The third-order valence-corrected chi connectivity index (χ3v) is 2.85. The van der Waals surface area contributed by atoms with Gasteiger partial charge in [0.25, 0.3) is 0 Å². The van der Waals surface area contributed by atoms with Gasteiger partial charge < -0.3 is 10.2 Å². The van der Waals surface area contributed by atoms with Gasteiger partial charge >= 0.3 is 12.1 Å². The summed E-state index contributed by atoms with van der Waals surface area (Å²) < 4.78 is 35.7. The minimum absolute atomic E-state index is 0.0463. The summed E-state index contributed by atoms with van der Waals surface area (Å²) in [5.41, 5.74) is -1.11. The number of hydrogen-bond acceptors (Lipinski definition) is 3. The first-order chi connectivity index (χ1) is 10.1. The zero-order chi connectivity index (χ0) is 16.9. The van der Waals surface area contributed by atoms with Gasteiger partial charge in [0.1, 0.15) is 5.75 Å². The largest absolute Gasteiger partial charge is 0.507 e. The predicted molar refractivity (Wildman–Crippen MR) is 74.3 cm³/mol. The molecule has 0 bridgehead atoms. The predicted octanol–water partition coefficient (Wildman–Crippen LogP) is 4.50. The summed E-state index contributed by atoms with van der Waals surface area (Å²) in [5, 5.41) is 17.4. The number of phenols is 1. The van der Waals surface area contributed by atoms with Crippen LogP contribution in [0.5, 0.6) is 5.75 Å². The van der Waals surface area contributed by atoms with Crippen LogP contribution in [0, 0.1) is 0 Å². The van der Waals surface area contributed by atoms with Crippen LogP contribution < -0.4 is 0 Å². The first-order valence-electron chi connectivity index (χ1n) is 5.52. The van der Waals surface area contributed by atoms with Crippen molar-refractivity contribution < 1.29 is 28.2 Å². The van der Waals surface area contributed by atoms with E-state index in [9.17, 15) is 18.0 Å². The van der Waals surface area contributed by atoms with Crippen LogP contribution in [0.3, 0.4) is 0 Å². The number of carbonyl (C=O) groups is 1. The maximum atomic E-state index is 11.9. The van der Waals surface area contributed by atoms with Crippen molar-refractivity contribution in [1.82, 2.24) is 4.98 Å². The second kappa shape index (κ2) is 7.33.